The van der Waals surface area contributed by atoms with Crippen molar-refractivity contribution in [3.05, 3.63) is 60.4 Å². The molecule has 2 aromatic rings. The molecule has 0 N–H and O–H groups in total. The van der Waals surface area contributed by atoms with Crippen LogP contribution in [-0.4, -0.2) is 0 Å². The van der Waals surface area contributed by atoms with E-state index in [9.17, 15) is 0 Å². The molecule has 0 saturated heterocycles. The van der Waals surface area contributed by atoms with Crippen molar-refractivity contribution in [2.24, 2.45) is 0 Å². The third-order valence-corrected chi connectivity index (χ3v) is 2.45. The summed E-state index contributed by atoms with van der Waals surface area (Å²) < 4.78 is 2.17. The van der Waals surface area contributed by atoms with Crippen LogP contribution in [0.4, 0.5) is 0 Å². The maximum Gasteiger partial charge on any atom is 0.210 e. The summed E-state index contributed by atoms with van der Waals surface area (Å²) in [7, 11) is 0. The molecule has 0 aliphatic heterocycles. The van der Waals surface area contributed by atoms with Crippen LogP contribution in [0.2, 0.25) is 0 Å². The van der Waals surface area contributed by atoms with Gasteiger partial charge in [-0.05, 0) is 12.5 Å². The second kappa shape index (κ2) is 4.74. The molecule has 1 aromatic heterocycles. The molecule has 0 saturated carbocycles. The minimum Gasteiger partial charge on any atom is -0.167 e. The smallest absolute Gasteiger partial charge is 0.167 e. The Kier molecular flexibility index (Phi) is 3.13. The van der Waals surface area contributed by atoms with Gasteiger partial charge in [0.2, 0.25) is 5.69 Å². The monoisotopic (exact) mass is 198 g/mol. The van der Waals surface area contributed by atoms with Gasteiger partial charge in [0, 0.05) is 23.8 Å². The predicted octanol–water partition coefficient (Wildman–Crippen LogP) is 2.92. The lowest BCUT2D eigenvalue weighted by molar-refractivity contribution is -0.596. The van der Waals surface area contributed by atoms with E-state index in [1.54, 1.807) is 0 Å². The molecule has 0 unspecified atom stereocenters. The normalized spacial score (nSPS) is 10.2. The fourth-order valence-corrected chi connectivity index (χ4v) is 1.72. The van der Waals surface area contributed by atoms with E-state index in [4.69, 9.17) is 0 Å². The van der Waals surface area contributed by atoms with Crippen LogP contribution in [0, 0.1) is 0 Å². The van der Waals surface area contributed by atoms with Crippen molar-refractivity contribution in [3.8, 4) is 5.69 Å². The number of pyridine rings is 1. The highest BCUT2D eigenvalue weighted by Gasteiger charge is 2.04. The Labute approximate surface area is 91.0 Å². The van der Waals surface area contributed by atoms with Crippen LogP contribution in [0.25, 0.3) is 5.69 Å². The van der Waals surface area contributed by atoms with Crippen LogP contribution in [0.1, 0.15) is 18.9 Å². The molecule has 0 amide bonds. The Balaban J connectivity index is 2.33. The second-order valence-corrected chi connectivity index (χ2v) is 3.71. The molecule has 0 bridgehead atoms. The van der Waals surface area contributed by atoms with Crippen molar-refractivity contribution in [1.29, 1.82) is 0 Å². The van der Waals surface area contributed by atoms with Crippen LogP contribution in [0.5, 0.6) is 0 Å². The van der Waals surface area contributed by atoms with E-state index < -0.39 is 0 Å². The number of benzene rings is 1. The summed E-state index contributed by atoms with van der Waals surface area (Å²) in [4.78, 5) is 0. The van der Waals surface area contributed by atoms with Crippen molar-refractivity contribution in [3.63, 3.8) is 0 Å². The van der Waals surface area contributed by atoms with Crippen LogP contribution in [0.15, 0.2) is 54.9 Å². The van der Waals surface area contributed by atoms with Gasteiger partial charge in [0.05, 0.1) is 0 Å². The molecular formula is C14H16N+. The number of hydrogen-bond acceptors (Lipinski definition) is 0. The Morgan fingerprint density at radius 1 is 1.00 bits per heavy atom. The van der Waals surface area contributed by atoms with E-state index in [2.05, 4.69) is 60.3 Å². The van der Waals surface area contributed by atoms with E-state index in [1.807, 2.05) is 6.07 Å². The average molecular weight is 198 g/mol. The van der Waals surface area contributed by atoms with Crippen LogP contribution in [0.3, 0.4) is 0 Å². The minimum atomic E-state index is 1.15. The van der Waals surface area contributed by atoms with Crippen LogP contribution >= 0.6 is 0 Å². The number of rotatable bonds is 3. The van der Waals surface area contributed by atoms with Gasteiger partial charge in [-0.3, -0.25) is 0 Å². The zero-order valence-corrected chi connectivity index (χ0v) is 9.06. The second-order valence-electron chi connectivity index (χ2n) is 3.71. The van der Waals surface area contributed by atoms with Gasteiger partial charge in [0.15, 0.2) is 12.4 Å². The van der Waals surface area contributed by atoms with Gasteiger partial charge in [-0.25, -0.2) is 0 Å². The molecule has 1 heteroatoms. The molecule has 0 atom stereocenters. The summed E-state index contributed by atoms with van der Waals surface area (Å²) >= 11 is 0. The molecular weight excluding hydrogens is 182 g/mol. The topological polar surface area (TPSA) is 3.88 Å². The number of hydrogen-bond donors (Lipinski definition) is 0. The van der Waals surface area contributed by atoms with Gasteiger partial charge < -0.3 is 0 Å². The lowest BCUT2D eigenvalue weighted by Crippen LogP contribution is -2.29. The highest BCUT2D eigenvalue weighted by atomic mass is 14.9. The van der Waals surface area contributed by atoms with E-state index in [-0.39, 0.29) is 0 Å². The van der Waals surface area contributed by atoms with Crippen LogP contribution in [-0.2, 0) is 6.42 Å². The highest BCUT2D eigenvalue weighted by Crippen LogP contribution is 2.02. The summed E-state index contributed by atoms with van der Waals surface area (Å²) in [5.41, 5.74) is 2.61. The summed E-state index contributed by atoms with van der Waals surface area (Å²) in [5, 5.41) is 0. The summed E-state index contributed by atoms with van der Waals surface area (Å²) in [6.45, 7) is 2.21. The van der Waals surface area contributed by atoms with E-state index in [1.165, 1.54) is 17.7 Å². The van der Waals surface area contributed by atoms with Crippen LogP contribution < -0.4 is 4.57 Å². The predicted molar refractivity (Wildman–Crippen MR) is 62.0 cm³/mol. The highest BCUT2D eigenvalue weighted by molar-refractivity contribution is 5.22. The first-order valence-corrected chi connectivity index (χ1v) is 5.46. The molecule has 2 rings (SSSR count). The fourth-order valence-electron chi connectivity index (χ4n) is 1.72. The quantitative estimate of drug-likeness (QED) is 0.668. The zero-order chi connectivity index (χ0) is 10.5. The van der Waals surface area contributed by atoms with Gasteiger partial charge in [0.25, 0.3) is 0 Å². The Morgan fingerprint density at radius 3 is 2.53 bits per heavy atom. The molecule has 0 aliphatic rings. The third-order valence-electron chi connectivity index (χ3n) is 2.45. The van der Waals surface area contributed by atoms with E-state index in [0.717, 1.165) is 6.42 Å². The maximum absolute atomic E-state index is 2.21. The van der Waals surface area contributed by atoms with Gasteiger partial charge in [0.1, 0.15) is 0 Å². The molecule has 0 spiro atoms. The molecule has 1 nitrogen and oxygen atoms in total. The van der Waals surface area contributed by atoms with Gasteiger partial charge in [-0.1, -0.05) is 31.5 Å². The first-order valence-electron chi connectivity index (χ1n) is 5.46. The molecule has 0 fully saturated rings. The van der Waals surface area contributed by atoms with Crippen molar-refractivity contribution in [2.45, 2.75) is 19.8 Å². The summed E-state index contributed by atoms with van der Waals surface area (Å²) in [5.74, 6) is 0. The molecule has 0 radical (unpaired) electrons. The first kappa shape index (κ1) is 9.91. The first-order chi connectivity index (χ1) is 7.40. The number of aromatic nitrogens is 1. The average Bonchev–Trinajstić information content (AvgIpc) is 2.31. The SMILES string of the molecule is CCCc1ccc[n+](-c2ccccc2)c1. The van der Waals surface area contributed by atoms with Gasteiger partial charge in [-0.2, -0.15) is 4.57 Å². The number of para-hydroxylation sites is 1. The number of aryl methyl sites for hydroxylation is 1. The lowest BCUT2D eigenvalue weighted by atomic mass is 10.2. The largest absolute Gasteiger partial charge is 0.210 e. The summed E-state index contributed by atoms with van der Waals surface area (Å²) in [6.07, 6.45) is 6.64. The number of nitrogens with zero attached hydrogens (tertiary/aromatic N) is 1. The molecule has 1 aromatic carbocycles. The summed E-state index contributed by atoms with van der Waals surface area (Å²) in [6, 6.07) is 14.7. The van der Waals surface area contributed by atoms with Crippen molar-refractivity contribution >= 4 is 0 Å². The van der Waals surface area contributed by atoms with E-state index >= 15 is 0 Å². The molecule has 1 heterocycles. The molecule has 15 heavy (non-hydrogen) atoms. The van der Waals surface area contributed by atoms with Crippen molar-refractivity contribution in [1.82, 2.24) is 0 Å². The Hall–Kier alpha value is -1.63. The Bertz CT molecular complexity index is 420. The zero-order valence-electron chi connectivity index (χ0n) is 9.06. The van der Waals surface area contributed by atoms with Crippen molar-refractivity contribution < 1.29 is 4.57 Å². The standard InChI is InChI=1S/C14H16N/c1-2-7-13-8-6-11-15(12-13)14-9-4-3-5-10-14/h3-6,8-12H,2,7H2,1H3/q+1. The molecule has 76 valence electrons. The maximum atomic E-state index is 2.21. The van der Waals surface area contributed by atoms with Crippen molar-refractivity contribution in [2.75, 3.05) is 0 Å². The third kappa shape index (κ3) is 2.44. The van der Waals surface area contributed by atoms with Gasteiger partial charge in [-0.15, -0.1) is 0 Å². The molecule has 0 aliphatic carbocycles. The minimum absolute atomic E-state index is 1.15. The Morgan fingerprint density at radius 2 is 1.80 bits per heavy atom. The lowest BCUT2D eigenvalue weighted by Gasteiger charge is -1.98. The van der Waals surface area contributed by atoms with Gasteiger partial charge >= 0.3 is 0 Å². The van der Waals surface area contributed by atoms with E-state index in [0.29, 0.717) is 0 Å². The fraction of sp³-hybridized carbons (Fsp3) is 0.214.